The third-order valence-electron chi connectivity index (χ3n) is 4.72. The lowest BCUT2D eigenvalue weighted by atomic mass is 10.2. The summed E-state index contributed by atoms with van der Waals surface area (Å²) in [5, 5.41) is -0.0113. The van der Waals surface area contributed by atoms with Gasteiger partial charge in [0.25, 0.3) is 0 Å². The van der Waals surface area contributed by atoms with E-state index >= 15 is 0 Å². The number of methoxy groups -OCH3 is 1. The highest BCUT2D eigenvalue weighted by molar-refractivity contribution is 7.99. The topological polar surface area (TPSA) is 32.8 Å². The van der Waals surface area contributed by atoms with Crippen LogP contribution in [0.4, 0.5) is 5.69 Å². The van der Waals surface area contributed by atoms with Crippen molar-refractivity contribution in [1.82, 2.24) is 4.90 Å². The number of piperazine rings is 1. The highest BCUT2D eigenvalue weighted by Gasteiger charge is 2.25. The fourth-order valence-electron chi connectivity index (χ4n) is 3.10. The highest BCUT2D eigenvalue weighted by atomic mass is 32.2. The number of benzene rings is 2. The summed E-state index contributed by atoms with van der Waals surface area (Å²) in [6.07, 6.45) is 0. The first-order valence-electron chi connectivity index (χ1n) is 9.00. The van der Waals surface area contributed by atoms with E-state index in [1.807, 2.05) is 42.2 Å². The summed E-state index contributed by atoms with van der Waals surface area (Å²) in [5.41, 5.74) is 2.45. The standard InChI is InChI=1S/C21H26N2O2S/c1-17(26-16-18-6-4-3-5-7-18)21(24)23-14-12-22(13-15-23)19-8-10-20(25-2)11-9-19/h3-11,17H,12-16H2,1-2H3. The van der Waals surface area contributed by atoms with E-state index in [-0.39, 0.29) is 11.2 Å². The van der Waals surface area contributed by atoms with Crippen molar-refractivity contribution < 1.29 is 9.53 Å². The zero-order chi connectivity index (χ0) is 18.4. The lowest BCUT2D eigenvalue weighted by Crippen LogP contribution is -2.50. The van der Waals surface area contributed by atoms with Crippen LogP contribution in [0.2, 0.25) is 0 Å². The number of hydrogen-bond acceptors (Lipinski definition) is 4. The Morgan fingerprint density at radius 1 is 1.04 bits per heavy atom. The predicted octanol–water partition coefficient (Wildman–Crippen LogP) is 3.67. The fourth-order valence-corrected chi connectivity index (χ4v) is 4.03. The largest absolute Gasteiger partial charge is 0.497 e. The van der Waals surface area contributed by atoms with Gasteiger partial charge in [0.1, 0.15) is 5.75 Å². The number of thioether (sulfide) groups is 1. The van der Waals surface area contributed by atoms with Crippen LogP contribution in [0.25, 0.3) is 0 Å². The maximum Gasteiger partial charge on any atom is 0.235 e. The second-order valence-electron chi connectivity index (χ2n) is 6.45. The summed E-state index contributed by atoms with van der Waals surface area (Å²) >= 11 is 1.71. The number of amides is 1. The first-order chi connectivity index (χ1) is 12.7. The van der Waals surface area contributed by atoms with Crippen molar-refractivity contribution in [2.24, 2.45) is 0 Å². The van der Waals surface area contributed by atoms with E-state index in [4.69, 9.17) is 4.74 Å². The number of hydrogen-bond donors (Lipinski definition) is 0. The van der Waals surface area contributed by atoms with E-state index in [1.54, 1.807) is 18.9 Å². The summed E-state index contributed by atoms with van der Waals surface area (Å²) in [4.78, 5) is 17.0. The van der Waals surface area contributed by atoms with Crippen LogP contribution in [-0.2, 0) is 10.5 Å². The first-order valence-corrected chi connectivity index (χ1v) is 10.1. The molecule has 4 nitrogen and oxygen atoms in total. The number of nitrogens with zero attached hydrogens (tertiary/aromatic N) is 2. The van der Waals surface area contributed by atoms with Gasteiger partial charge in [-0.2, -0.15) is 0 Å². The Bertz CT molecular complexity index is 698. The van der Waals surface area contributed by atoms with Gasteiger partial charge in [-0.3, -0.25) is 4.79 Å². The Labute approximate surface area is 160 Å². The molecule has 2 aromatic rings. The average Bonchev–Trinajstić information content (AvgIpc) is 2.72. The van der Waals surface area contributed by atoms with Gasteiger partial charge in [-0.05, 0) is 36.8 Å². The van der Waals surface area contributed by atoms with Crippen LogP contribution in [0.3, 0.4) is 0 Å². The van der Waals surface area contributed by atoms with E-state index < -0.39 is 0 Å². The lowest BCUT2D eigenvalue weighted by molar-refractivity contribution is -0.130. The zero-order valence-corrected chi connectivity index (χ0v) is 16.2. The van der Waals surface area contributed by atoms with Crippen molar-refractivity contribution in [1.29, 1.82) is 0 Å². The third-order valence-corrected chi connectivity index (χ3v) is 5.92. The molecule has 1 aliphatic heterocycles. The quantitative estimate of drug-likeness (QED) is 0.777. The Kier molecular flexibility index (Phi) is 6.45. The summed E-state index contributed by atoms with van der Waals surface area (Å²) < 4.78 is 5.21. The molecule has 0 radical (unpaired) electrons. The normalized spacial score (nSPS) is 15.6. The van der Waals surface area contributed by atoms with Gasteiger partial charge in [0.05, 0.1) is 12.4 Å². The molecule has 0 N–H and O–H groups in total. The summed E-state index contributed by atoms with van der Waals surface area (Å²) in [6, 6.07) is 18.4. The lowest BCUT2D eigenvalue weighted by Gasteiger charge is -2.37. The van der Waals surface area contributed by atoms with Crippen molar-refractivity contribution in [3.63, 3.8) is 0 Å². The molecule has 2 aromatic carbocycles. The number of carbonyl (C=O) groups is 1. The van der Waals surface area contributed by atoms with Crippen LogP contribution < -0.4 is 9.64 Å². The minimum atomic E-state index is -0.0113. The van der Waals surface area contributed by atoms with E-state index in [2.05, 4.69) is 29.2 Å². The monoisotopic (exact) mass is 370 g/mol. The molecule has 1 heterocycles. The van der Waals surface area contributed by atoms with Crippen LogP contribution in [0.15, 0.2) is 54.6 Å². The first kappa shape index (κ1) is 18.6. The molecule has 0 aliphatic carbocycles. The Hall–Kier alpha value is -2.14. The Morgan fingerprint density at radius 2 is 1.69 bits per heavy atom. The van der Waals surface area contributed by atoms with Crippen LogP contribution in [0.5, 0.6) is 5.75 Å². The minimum absolute atomic E-state index is 0.0113. The number of ether oxygens (including phenoxy) is 1. The Morgan fingerprint density at radius 3 is 2.31 bits per heavy atom. The van der Waals surface area contributed by atoms with Crippen molar-refractivity contribution in [2.45, 2.75) is 17.9 Å². The van der Waals surface area contributed by atoms with E-state index in [9.17, 15) is 4.79 Å². The molecule has 0 saturated carbocycles. The van der Waals surface area contributed by atoms with Gasteiger partial charge in [-0.25, -0.2) is 0 Å². The molecular formula is C21H26N2O2S. The molecule has 0 spiro atoms. The van der Waals surface area contributed by atoms with Crippen LogP contribution in [0.1, 0.15) is 12.5 Å². The van der Waals surface area contributed by atoms with Gasteiger partial charge in [-0.15, -0.1) is 11.8 Å². The second kappa shape index (κ2) is 8.99. The molecule has 1 amide bonds. The number of rotatable bonds is 6. The summed E-state index contributed by atoms with van der Waals surface area (Å²) in [5.74, 6) is 1.99. The van der Waals surface area contributed by atoms with Gasteiger partial charge >= 0.3 is 0 Å². The van der Waals surface area contributed by atoms with Gasteiger partial charge in [0.2, 0.25) is 5.91 Å². The number of carbonyl (C=O) groups excluding carboxylic acids is 1. The molecular weight excluding hydrogens is 344 g/mol. The molecule has 26 heavy (non-hydrogen) atoms. The highest BCUT2D eigenvalue weighted by Crippen LogP contribution is 2.23. The predicted molar refractivity (Wildman–Crippen MR) is 109 cm³/mol. The smallest absolute Gasteiger partial charge is 0.235 e. The van der Waals surface area contributed by atoms with E-state index in [1.165, 1.54) is 11.3 Å². The molecule has 1 atom stereocenters. The maximum atomic E-state index is 12.7. The molecule has 3 rings (SSSR count). The van der Waals surface area contributed by atoms with Crippen LogP contribution in [0, 0.1) is 0 Å². The molecule has 1 fully saturated rings. The molecule has 0 bridgehead atoms. The zero-order valence-electron chi connectivity index (χ0n) is 15.4. The van der Waals surface area contributed by atoms with Crippen molar-refractivity contribution >= 4 is 23.4 Å². The third kappa shape index (κ3) is 4.73. The maximum absolute atomic E-state index is 12.7. The summed E-state index contributed by atoms with van der Waals surface area (Å²) in [7, 11) is 1.68. The van der Waals surface area contributed by atoms with Crippen molar-refractivity contribution in [2.75, 3.05) is 38.2 Å². The Balaban J connectivity index is 1.48. The molecule has 1 unspecified atom stereocenters. The molecule has 138 valence electrons. The van der Waals surface area contributed by atoms with Crippen molar-refractivity contribution in [3.8, 4) is 5.75 Å². The molecule has 1 aliphatic rings. The molecule has 5 heteroatoms. The fraction of sp³-hybridized carbons (Fsp3) is 0.381. The van der Waals surface area contributed by atoms with Crippen molar-refractivity contribution in [3.05, 3.63) is 60.2 Å². The number of anilines is 1. The average molecular weight is 371 g/mol. The van der Waals surface area contributed by atoms with E-state index in [0.717, 1.165) is 37.7 Å². The van der Waals surface area contributed by atoms with E-state index in [0.29, 0.717) is 0 Å². The van der Waals surface area contributed by atoms with Crippen LogP contribution >= 0.6 is 11.8 Å². The second-order valence-corrected chi connectivity index (χ2v) is 7.78. The van der Waals surface area contributed by atoms with Gasteiger partial charge < -0.3 is 14.5 Å². The molecule has 0 aromatic heterocycles. The van der Waals surface area contributed by atoms with Gasteiger partial charge in [-0.1, -0.05) is 30.3 Å². The van der Waals surface area contributed by atoms with Crippen LogP contribution in [-0.4, -0.2) is 49.3 Å². The van der Waals surface area contributed by atoms with Gasteiger partial charge in [0.15, 0.2) is 0 Å². The SMILES string of the molecule is COc1ccc(N2CCN(C(=O)C(C)SCc3ccccc3)CC2)cc1. The molecule has 1 saturated heterocycles. The minimum Gasteiger partial charge on any atom is -0.497 e. The van der Waals surface area contributed by atoms with Gasteiger partial charge in [0, 0.05) is 37.6 Å². The summed E-state index contributed by atoms with van der Waals surface area (Å²) in [6.45, 7) is 5.32.